The number of carboxylic acid groups (broad SMARTS) is 1. The zero-order valence-corrected chi connectivity index (χ0v) is 18.8. The monoisotopic (exact) mass is 526 g/mol. The fraction of sp³-hybridized carbons (Fsp3) is 0.286. The van der Waals surface area contributed by atoms with Gasteiger partial charge in [-0.05, 0) is 42.9 Å². The standard InChI is InChI=1S/C19H19F3N2O3S.C2HF3O2/c1-23(10-11-25)13-14-4-2-7-18-17(14)8-9-24(18)28(26,27)16-6-3-5-15(12-16)19(20,21)22;3-2(4,5)1(6)7/h2-9,12,25H,10-11,13H2,1H3;(H,6,7). The van der Waals surface area contributed by atoms with Crippen molar-refractivity contribution in [2.45, 2.75) is 23.8 Å². The van der Waals surface area contributed by atoms with Gasteiger partial charge in [0.2, 0.25) is 0 Å². The summed E-state index contributed by atoms with van der Waals surface area (Å²) in [7, 11) is -2.37. The summed E-state index contributed by atoms with van der Waals surface area (Å²) in [4.78, 5) is 10.4. The van der Waals surface area contributed by atoms with Crippen molar-refractivity contribution in [1.82, 2.24) is 8.87 Å². The Morgan fingerprint density at radius 2 is 1.63 bits per heavy atom. The van der Waals surface area contributed by atoms with Crippen LogP contribution in [-0.4, -0.2) is 59.8 Å². The second-order valence-electron chi connectivity index (χ2n) is 7.26. The van der Waals surface area contributed by atoms with Gasteiger partial charge in [0.25, 0.3) is 10.0 Å². The molecule has 0 bridgehead atoms. The number of aliphatic carboxylic acids is 1. The Hall–Kier alpha value is -3.10. The normalized spacial score (nSPS) is 12.5. The predicted octanol–water partition coefficient (Wildman–Crippen LogP) is 3.95. The van der Waals surface area contributed by atoms with Crippen LogP contribution in [0.25, 0.3) is 10.9 Å². The molecular weight excluding hydrogens is 506 g/mol. The van der Waals surface area contributed by atoms with Gasteiger partial charge in [-0.2, -0.15) is 26.3 Å². The Bertz CT molecular complexity index is 1290. The summed E-state index contributed by atoms with van der Waals surface area (Å²) in [6.45, 7) is 0.947. The third-order valence-electron chi connectivity index (χ3n) is 4.67. The lowest BCUT2D eigenvalue weighted by Gasteiger charge is -2.16. The molecule has 0 aliphatic heterocycles. The van der Waals surface area contributed by atoms with E-state index in [1.54, 1.807) is 18.2 Å². The highest BCUT2D eigenvalue weighted by atomic mass is 32.2. The lowest BCUT2D eigenvalue weighted by atomic mass is 10.1. The van der Waals surface area contributed by atoms with Crippen LogP contribution >= 0.6 is 0 Å². The maximum atomic E-state index is 13.0. The number of halogens is 6. The van der Waals surface area contributed by atoms with Gasteiger partial charge in [0.05, 0.1) is 22.6 Å². The first-order valence-electron chi connectivity index (χ1n) is 9.70. The highest BCUT2D eigenvalue weighted by Crippen LogP contribution is 2.32. The van der Waals surface area contributed by atoms with Crippen LogP contribution in [0.15, 0.2) is 59.6 Å². The minimum Gasteiger partial charge on any atom is -0.475 e. The summed E-state index contributed by atoms with van der Waals surface area (Å²) in [6.07, 6.45) is -8.37. The molecule has 0 aliphatic rings. The molecule has 192 valence electrons. The van der Waals surface area contributed by atoms with Crippen molar-refractivity contribution in [3.8, 4) is 0 Å². The smallest absolute Gasteiger partial charge is 0.475 e. The molecule has 2 N–H and O–H groups in total. The number of carbonyl (C=O) groups is 1. The number of hydrogen-bond acceptors (Lipinski definition) is 5. The zero-order valence-electron chi connectivity index (χ0n) is 18.0. The van der Waals surface area contributed by atoms with Crippen LogP contribution in [0.4, 0.5) is 26.3 Å². The van der Waals surface area contributed by atoms with Crippen molar-refractivity contribution in [3.63, 3.8) is 0 Å². The number of aliphatic hydroxyl groups excluding tert-OH is 1. The van der Waals surface area contributed by atoms with Crippen LogP contribution in [0.2, 0.25) is 0 Å². The fourth-order valence-corrected chi connectivity index (χ4v) is 4.43. The molecule has 2 aromatic carbocycles. The number of nitrogens with zero attached hydrogens (tertiary/aromatic N) is 2. The molecular formula is C21H20F6N2O5S. The molecule has 35 heavy (non-hydrogen) atoms. The zero-order chi connectivity index (χ0) is 26.6. The van der Waals surface area contributed by atoms with Gasteiger partial charge in [0, 0.05) is 24.7 Å². The molecule has 1 heterocycles. The van der Waals surface area contributed by atoms with Crippen molar-refractivity contribution >= 4 is 26.9 Å². The number of likely N-dealkylation sites (N-methyl/N-ethyl adjacent to an activating group) is 1. The molecule has 0 fully saturated rings. The molecule has 3 rings (SSSR count). The van der Waals surface area contributed by atoms with Crippen LogP contribution < -0.4 is 0 Å². The molecule has 0 aliphatic carbocycles. The molecule has 0 unspecified atom stereocenters. The van der Waals surface area contributed by atoms with Crippen molar-refractivity contribution < 1.29 is 49.8 Å². The number of hydrogen-bond donors (Lipinski definition) is 2. The van der Waals surface area contributed by atoms with Gasteiger partial charge in [-0.1, -0.05) is 18.2 Å². The van der Waals surface area contributed by atoms with Crippen molar-refractivity contribution in [2.24, 2.45) is 0 Å². The van der Waals surface area contributed by atoms with E-state index in [-0.39, 0.29) is 6.61 Å². The Labute approximate surface area is 195 Å². The van der Waals surface area contributed by atoms with E-state index in [4.69, 9.17) is 15.0 Å². The number of carboxylic acids is 1. The number of aliphatic hydroxyl groups is 1. The number of rotatable bonds is 6. The number of alkyl halides is 6. The van der Waals surface area contributed by atoms with Crippen molar-refractivity contribution in [3.05, 3.63) is 65.9 Å². The van der Waals surface area contributed by atoms with Crippen LogP contribution in [0.5, 0.6) is 0 Å². The molecule has 7 nitrogen and oxygen atoms in total. The van der Waals surface area contributed by atoms with Gasteiger partial charge in [-0.3, -0.25) is 4.90 Å². The topological polar surface area (TPSA) is 99.8 Å². The maximum Gasteiger partial charge on any atom is 0.490 e. The van der Waals surface area contributed by atoms with E-state index in [2.05, 4.69) is 0 Å². The summed E-state index contributed by atoms with van der Waals surface area (Å²) in [6, 6.07) is 10.5. The predicted molar refractivity (Wildman–Crippen MR) is 113 cm³/mol. The molecule has 14 heteroatoms. The second-order valence-corrected chi connectivity index (χ2v) is 9.07. The van der Waals surface area contributed by atoms with E-state index in [0.717, 1.165) is 27.7 Å². The van der Waals surface area contributed by atoms with E-state index in [0.29, 0.717) is 30.1 Å². The number of benzene rings is 2. The minimum atomic E-state index is -5.08. The molecule has 1 aromatic heterocycles. The van der Waals surface area contributed by atoms with Gasteiger partial charge in [-0.25, -0.2) is 17.2 Å². The summed E-state index contributed by atoms with van der Waals surface area (Å²) in [5.74, 6) is -2.76. The Morgan fingerprint density at radius 1 is 1.03 bits per heavy atom. The Balaban J connectivity index is 0.000000540. The van der Waals surface area contributed by atoms with E-state index >= 15 is 0 Å². The SMILES string of the molecule is CN(CCO)Cc1cccc2c1ccn2S(=O)(=O)c1cccc(C(F)(F)F)c1.O=C(O)C(F)(F)F. The summed E-state index contributed by atoms with van der Waals surface area (Å²) >= 11 is 0. The lowest BCUT2D eigenvalue weighted by Crippen LogP contribution is -2.21. The Kier molecular flexibility index (Phi) is 8.57. The second kappa shape index (κ2) is 10.7. The first-order chi connectivity index (χ1) is 16.1. The molecule has 0 atom stereocenters. The van der Waals surface area contributed by atoms with E-state index < -0.39 is 38.8 Å². The number of fused-ring (bicyclic) bond motifs is 1. The highest BCUT2D eigenvalue weighted by Gasteiger charge is 2.38. The number of aromatic nitrogens is 1. The quantitative estimate of drug-likeness (QED) is 0.472. The van der Waals surface area contributed by atoms with Gasteiger partial charge in [0.15, 0.2) is 0 Å². The molecule has 3 aromatic rings. The summed E-state index contributed by atoms with van der Waals surface area (Å²) in [5, 5.41) is 16.8. The summed E-state index contributed by atoms with van der Waals surface area (Å²) < 4.78 is 97.6. The van der Waals surface area contributed by atoms with Gasteiger partial charge >= 0.3 is 18.3 Å². The molecule has 0 radical (unpaired) electrons. The van der Waals surface area contributed by atoms with Gasteiger partial charge in [0.1, 0.15) is 0 Å². The minimum absolute atomic E-state index is 0.00257. The van der Waals surface area contributed by atoms with E-state index in [1.165, 1.54) is 6.20 Å². The molecule has 0 saturated heterocycles. The van der Waals surface area contributed by atoms with E-state index in [9.17, 15) is 34.8 Å². The van der Waals surface area contributed by atoms with Crippen LogP contribution in [0, 0.1) is 0 Å². The van der Waals surface area contributed by atoms with Crippen molar-refractivity contribution in [2.75, 3.05) is 20.2 Å². The Morgan fingerprint density at radius 3 is 2.17 bits per heavy atom. The first kappa shape index (κ1) is 28.1. The van der Waals surface area contributed by atoms with Crippen LogP contribution in [-0.2, 0) is 27.5 Å². The summed E-state index contributed by atoms with van der Waals surface area (Å²) in [5.41, 5.74) is 0.218. The molecule has 0 spiro atoms. The lowest BCUT2D eigenvalue weighted by molar-refractivity contribution is -0.192. The van der Waals surface area contributed by atoms with E-state index in [1.807, 2.05) is 18.0 Å². The highest BCUT2D eigenvalue weighted by molar-refractivity contribution is 7.90. The van der Waals surface area contributed by atoms with Crippen molar-refractivity contribution in [1.29, 1.82) is 0 Å². The van der Waals surface area contributed by atoms with Crippen LogP contribution in [0.1, 0.15) is 11.1 Å². The largest absolute Gasteiger partial charge is 0.490 e. The average molecular weight is 526 g/mol. The molecule has 0 saturated carbocycles. The molecule has 0 amide bonds. The average Bonchev–Trinajstić information content (AvgIpc) is 3.19. The third-order valence-corrected chi connectivity index (χ3v) is 6.36. The van der Waals surface area contributed by atoms with Gasteiger partial charge < -0.3 is 10.2 Å². The fourth-order valence-electron chi connectivity index (χ4n) is 3.04. The third kappa shape index (κ3) is 6.96. The maximum absolute atomic E-state index is 13.0. The first-order valence-corrected chi connectivity index (χ1v) is 11.1. The van der Waals surface area contributed by atoms with Crippen LogP contribution in [0.3, 0.4) is 0 Å². The van der Waals surface area contributed by atoms with Gasteiger partial charge in [-0.15, -0.1) is 0 Å².